The molecule has 136 valence electrons. The van der Waals surface area contributed by atoms with Gasteiger partial charge in [0.15, 0.2) is 11.5 Å². The zero-order chi connectivity index (χ0) is 18.4. The largest absolute Gasteiger partial charge is 0.370 e. The molecule has 2 saturated heterocycles. The molecule has 0 saturated carbocycles. The van der Waals surface area contributed by atoms with Crippen molar-refractivity contribution in [1.29, 1.82) is 5.26 Å². The van der Waals surface area contributed by atoms with Crippen molar-refractivity contribution in [3.05, 3.63) is 42.0 Å². The molecule has 2 aliphatic rings. The zero-order valence-electron chi connectivity index (χ0n) is 15.2. The standard InChI is InChI=1S/C19H20N8/c1-2-17-22-23-18-5-6-19(24-27(17)18)26-11-13-9-25(10-14(13)12-26)16-4-3-15(7-20)21-8-16/h3-6,8,13-14H,2,9-12H2,1H3. The number of aromatic nitrogens is 5. The Balaban J connectivity index is 1.31. The van der Waals surface area contributed by atoms with Crippen LogP contribution in [0.5, 0.6) is 0 Å². The van der Waals surface area contributed by atoms with E-state index in [0.717, 1.165) is 55.6 Å². The fourth-order valence-corrected chi connectivity index (χ4v) is 4.24. The highest BCUT2D eigenvalue weighted by molar-refractivity contribution is 5.50. The van der Waals surface area contributed by atoms with Gasteiger partial charge in [-0.05, 0) is 24.3 Å². The summed E-state index contributed by atoms with van der Waals surface area (Å²) in [4.78, 5) is 8.96. The maximum absolute atomic E-state index is 8.90. The van der Waals surface area contributed by atoms with Crippen LogP contribution in [0.2, 0.25) is 0 Å². The maximum Gasteiger partial charge on any atom is 0.178 e. The topological polar surface area (TPSA) is 86.2 Å². The first-order chi connectivity index (χ1) is 13.2. The number of nitrogens with zero attached hydrogens (tertiary/aromatic N) is 8. The first kappa shape index (κ1) is 16.0. The Kier molecular flexibility index (Phi) is 3.67. The number of hydrogen-bond donors (Lipinski definition) is 0. The van der Waals surface area contributed by atoms with E-state index in [1.54, 1.807) is 6.07 Å². The quantitative estimate of drug-likeness (QED) is 0.700. The van der Waals surface area contributed by atoms with Gasteiger partial charge in [0.25, 0.3) is 0 Å². The van der Waals surface area contributed by atoms with Crippen molar-refractivity contribution in [3.63, 3.8) is 0 Å². The van der Waals surface area contributed by atoms with Gasteiger partial charge >= 0.3 is 0 Å². The molecule has 0 spiro atoms. The Bertz CT molecular complexity index is 1000. The minimum Gasteiger partial charge on any atom is -0.370 e. The van der Waals surface area contributed by atoms with Crippen LogP contribution in [0.4, 0.5) is 11.5 Å². The highest BCUT2D eigenvalue weighted by atomic mass is 15.4. The molecule has 3 aromatic rings. The molecule has 5 rings (SSSR count). The average molecular weight is 360 g/mol. The van der Waals surface area contributed by atoms with Crippen molar-refractivity contribution in [1.82, 2.24) is 24.8 Å². The molecule has 0 aliphatic carbocycles. The van der Waals surface area contributed by atoms with Crippen molar-refractivity contribution < 1.29 is 0 Å². The van der Waals surface area contributed by atoms with Gasteiger partial charge in [-0.15, -0.1) is 15.3 Å². The molecule has 2 aliphatic heterocycles. The molecule has 0 bridgehead atoms. The van der Waals surface area contributed by atoms with Crippen molar-refractivity contribution in [2.45, 2.75) is 13.3 Å². The van der Waals surface area contributed by atoms with Crippen molar-refractivity contribution in [3.8, 4) is 6.07 Å². The molecule has 0 amide bonds. The van der Waals surface area contributed by atoms with Crippen molar-refractivity contribution in [2.75, 3.05) is 36.0 Å². The van der Waals surface area contributed by atoms with Gasteiger partial charge in [0.05, 0.1) is 11.9 Å². The maximum atomic E-state index is 8.90. The zero-order valence-corrected chi connectivity index (χ0v) is 15.2. The first-order valence-corrected chi connectivity index (χ1v) is 9.32. The number of hydrogen-bond acceptors (Lipinski definition) is 7. The van der Waals surface area contributed by atoms with Gasteiger partial charge in [0.2, 0.25) is 0 Å². The van der Waals surface area contributed by atoms with Gasteiger partial charge in [-0.3, -0.25) is 0 Å². The third-order valence-electron chi connectivity index (χ3n) is 5.67. The lowest BCUT2D eigenvalue weighted by Gasteiger charge is -2.23. The lowest BCUT2D eigenvalue weighted by molar-refractivity contribution is 0.533. The highest BCUT2D eigenvalue weighted by Gasteiger charge is 2.40. The predicted molar refractivity (Wildman–Crippen MR) is 101 cm³/mol. The van der Waals surface area contributed by atoms with E-state index in [1.807, 2.05) is 28.9 Å². The predicted octanol–water partition coefficient (Wildman–Crippen LogP) is 1.53. The van der Waals surface area contributed by atoms with Crippen LogP contribution in [0.3, 0.4) is 0 Å². The molecular formula is C19H20N8. The van der Waals surface area contributed by atoms with Crippen LogP contribution < -0.4 is 9.80 Å². The number of anilines is 2. The Morgan fingerprint density at radius 1 is 1.04 bits per heavy atom. The molecule has 3 aromatic heterocycles. The second-order valence-corrected chi connectivity index (χ2v) is 7.27. The van der Waals surface area contributed by atoms with Gasteiger partial charge in [0, 0.05) is 44.4 Å². The molecule has 27 heavy (non-hydrogen) atoms. The summed E-state index contributed by atoms with van der Waals surface area (Å²) in [5, 5.41) is 22.0. The van der Waals surface area contributed by atoms with E-state index in [0.29, 0.717) is 17.5 Å². The van der Waals surface area contributed by atoms with Gasteiger partial charge in [-0.2, -0.15) is 9.78 Å². The van der Waals surface area contributed by atoms with Gasteiger partial charge in [-0.1, -0.05) is 6.92 Å². The fourth-order valence-electron chi connectivity index (χ4n) is 4.24. The van der Waals surface area contributed by atoms with Crippen LogP contribution in [0.1, 0.15) is 18.4 Å². The minimum atomic E-state index is 0.464. The van der Waals surface area contributed by atoms with E-state index >= 15 is 0 Å². The number of nitriles is 1. The molecule has 8 heteroatoms. The first-order valence-electron chi connectivity index (χ1n) is 9.32. The summed E-state index contributed by atoms with van der Waals surface area (Å²) in [6.45, 7) is 6.12. The summed E-state index contributed by atoms with van der Waals surface area (Å²) in [6, 6.07) is 9.91. The molecular weight excluding hydrogens is 340 g/mol. The highest BCUT2D eigenvalue weighted by Crippen LogP contribution is 2.35. The molecule has 2 fully saturated rings. The Morgan fingerprint density at radius 2 is 1.81 bits per heavy atom. The van der Waals surface area contributed by atoms with E-state index in [4.69, 9.17) is 10.4 Å². The molecule has 0 aromatic carbocycles. The number of aryl methyl sites for hydroxylation is 1. The summed E-state index contributed by atoms with van der Waals surface area (Å²) in [6.07, 6.45) is 2.63. The van der Waals surface area contributed by atoms with Crippen LogP contribution in [-0.4, -0.2) is 51.0 Å². The third-order valence-corrected chi connectivity index (χ3v) is 5.67. The lowest BCUT2D eigenvalue weighted by atomic mass is 10.0. The van der Waals surface area contributed by atoms with Crippen molar-refractivity contribution >= 4 is 17.2 Å². The SMILES string of the molecule is CCc1nnc2ccc(N3CC4CN(c5ccc(C#N)nc5)CC4C3)nn12. The number of rotatable bonds is 3. The summed E-state index contributed by atoms with van der Waals surface area (Å²) in [5.41, 5.74) is 2.37. The van der Waals surface area contributed by atoms with Crippen LogP contribution in [0.25, 0.3) is 5.65 Å². The third kappa shape index (κ3) is 2.67. The number of pyridine rings is 1. The van der Waals surface area contributed by atoms with Gasteiger partial charge < -0.3 is 9.80 Å². The van der Waals surface area contributed by atoms with E-state index in [-0.39, 0.29) is 0 Å². The van der Waals surface area contributed by atoms with E-state index < -0.39 is 0 Å². The Morgan fingerprint density at radius 3 is 2.48 bits per heavy atom. The van der Waals surface area contributed by atoms with Crippen LogP contribution >= 0.6 is 0 Å². The molecule has 0 N–H and O–H groups in total. The summed E-state index contributed by atoms with van der Waals surface area (Å²) < 4.78 is 1.86. The van der Waals surface area contributed by atoms with Crippen molar-refractivity contribution in [2.24, 2.45) is 11.8 Å². The summed E-state index contributed by atoms with van der Waals surface area (Å²) in [5.74, 6) is 3.12. The van der Waals surface area contributed by atoms with Crippen LogP contribution in [-0.2, 0) is 6.42 Å². The molecule has 2 atom stereocenters. The minimum absolute atomic E-state index is 0.464. The Labute approximate surface area is 157 Å². The van der Waals surface area contributed by atoms with Gasteiger partial charge in [0.1, 0.15) is 17.6 Å². The summed E-state index contributed by atoms with van der Waals surface area (Å²) >= 11 is 0. The van der Waals surface area contributed by atoms with Crippen LogP contribution in [0, 0.1) is 23.2 Å². The van der Waals surface area contributed by atoms with E-state index in [9.17, 15) is 0 Å². The molecule has 8 nitrogen and oxygen atoms in total. The molecule has 2 unspecified atom stereocenters. The molecule has 5 heterocycles. The van der Waals surface area contributed by atoms with Crippen LogP contribution in [0.15, 0.2) is 30.5 Å². The normalized spacial score (nSPS) is 21.6. The monoisotopic (exact) mass is 360 g/mol. The molecule has 0 radical (unpaired) electrons. The van der Waals surface area contributed by atoms with E-state index in [2.05, 4.69) is 38.0 Å². The summed E-state index contributed by atoms with van der Waals surface area (Å²) in [7, 11) is 0. The van der Waals surface area contributed by atoms with Gasteiger partial charge in [-0.25, -0.2) is 4.98 Å². The fraction of sp³-hybridized carbons (Fsp3) is 0.421. The second kappa shape index (κ2) is 6.20. The second-order valence-electron chi connectivity index (χ2n) is 7.27. The van der Waals surface area contributed by atoms with E-state index in [1.165, 1.54) is 0 Å². The smallest absolute Gasteiger partial charge is 0.178 e. The number of fused-ring (bicyclic) bond motifs is 2. The Hall–Kier alpha value is -3.21. The average Bonchev–Trinajstić information content (AvgIpc) is 3.40. The lowest BCUT2D eigenvalue weighted by Crippen LogP contribution is -2.29.